The molecule has 0 atom stereocenters. The lowest BCUT2D eigenvalue weighted by Gasteiger charge is -2.08. The molecule has 0 aliphatic rings. The van der Waals surface area contributed by atoms with E-state index in [1.54, 1.807) is 18.2 Å². The van der Waals surface area contributed by atoms with Gasteiger partial charge in [0.05, 0.1) is 17.8 Å². The number of unbranched alkanes of at least 4 members (excludes halogenated alkanes) is 6. The summed E-state index contributed by atoms with van der Waals surface area (Å²) in [5.74, 6) is -0.690. The standard InChI is InChI=1S/C19H24ClF3N4OS/c1-2-3-4-5-6-7-8-11-28-16-10-9-14(12-15(16)20)13-24-27-17(19(21,22)23)25-26-18(27)29/h9-10,12-13H,2-8,11H2,1H3,(H,26,29)/b24-13-. The van der Waals surface area contributed by atoms with Crippen LogP contribution in [-0.2, 0) is 6.18 Å². The summed E-state index contributed by atoms with van der Waals surface area (Å²) < 4.78 is 44.6. The molecule has 0 aliphatic carbocycles. The van der Waals surface area contributed by atoms with E-state index in [0.717, 1.165) is 12.8 Å². The number of aromatic nitrogens is 3. The van der Waals surface area contributed by atoms with Gasteiger partial charge in [0.25, 0.3) is 5.82 Å². The number of hydrogen-bond donors (Lipinski definition) is 1. The molecule has 5 nitrogen and oxygen atoms in total. The van der Waals surface area contributed by atoms with E-state index in [0.29, 0.717) is 27.6 Å². The second-order valence-electron chi connectivity index (χ2n) is 6.57. The first-order valence-corrected chi connectivity index (χ1v) is 10.3. The zero-order valence-electron chi connectivity index (χ0n) is 16.1. The summed E-state index contributed by atoms with van der Waals surface area (Å²) >= 11 is 11.0. The number of hydrogen-bond acceptors (Lipinski definition) is 4. The molecule has 0 unspecified atom stereocenters. The van der Waals surface area contributed by atoms with E-state index in [1.807, 2.05) is 0 Å². The fraction of sp³-hybridized carbons (Fsp3) is 0.526. The van der Waals surface area contributed by atoms with Gasteiger partial charge in [0.15, 0.2) is 0 Å². The Morgan fingerprint density at radius 3 is 2.55 bits per heavy atom. The van der Waals surface area contributed by atoms with Gasteiger partial charge in [0.2, 0.25) is 4.77 Å². The van der Waals surface area contributed by atoms with Crippen LogP contribution in [0.3, 0.4) is 0 Å². The third-order valence-corrected chi connectivity index (χ3v) is 4.75. The Bertz CT molecular complexity index is 864. The van der Waals surface area contributed by atoms with Gasteiger partial charge in [0.1, 0.15) is 5.75 Å². The molecule has 1 aromatic heterocycles. The fourth-order valence-electron chi connectivity index (χ4n) is 2.66. The van der Waals surface area contributed by atoms with Crippen LogP contribution in [-0.4, -0.2) is 27.7 Å². The molecule has 1 N–H and O–H groups in total. The van der Waals surface area contributed by atoms with E-state index in [4.69, 9.17) is 28.6 Å². The highest BCUT2D eigenvalue weighted by atomic mass is 35.5. The van der Waals surface area contributed by atoms with Crippen molar-refractivity contribution in [3.05, 3.63) is 39.4 Å². The Hall–Kier alpha value is -1.87. The van der Waals surface area contributed by atoms with E-state index in [9.17, 15) is 13.2 Å². The molecule has 10 heteroatoms. The molecular weight excluding hydrogens is 425 g/mol. The van der Waals surface area contributed by atoms with Gasteiger partial charge in [-0.15, -0.1) is 5.10 Å². The van der Waals surface area contributed by atoms with E-state index in [2.05, 4.69) is 22.2 Å². The number of H-pyrrole nitrogens is 1. The molecule has 0 aliphatic heterocycles. The van der Waals surface area contributed by atoms with Gasteiger partial charge in [-0.2, -0.15) is 22.9 Å². The number of alkyl halides is 3. The third-order valence-electron chi connectivity index (χ3n) is 4.19. The quantitative estimate of drug-likeness (QED) is 0.238. The fourth-order valence-corrected chi connectivity index (χ4v) is 3.09. The van der Waals surface area contributed by atoms with Crippen LogP contribution < -0.4 is 4.74 Å². The Morgan fingerprint density at radius 1 is 1.21 bits per heavy atom. The van der Waals surface area contributed by atoms with Crippen molar-refractivity contribution in [3.8, 4) is 5.75 Å². The van der Waals surface area contributed by atoms with Crippen molar-refractivity contribution < 1.29 is 17.9 Å². The SMILES string of the molecule is CCCCCCCCCOc1ccc(/C=N\n2c(C(F)(F)F)n[nH]c2=S)cc1Cl. The number of halogens is 4. The van der Waals surface area contributed by atoms with Crippen LogP contribution in [0.25, 0.3) is 0 Å². The van der Waals surface area contributed by atoms with Gasteiger partial charge in [-0.25, -0.2) is 5.10 Å². The minimum atomic E-state index is -4.67. The molecule has 160 valence electrons. The van der Waals surface area contributed by atoms with Crippen LogP contribution in [0.4, 0.5) is 13.2 Å². The van der Waals surface area contributed by atoms with Crippen molar-refractivity contribution in [2.45, 2.75) is 58.0 Å². The molecule has 0 spiro atoms. The van der Waals surface area contributed by atoms with Crippen molar-refractivity contribution in [3.63, 3.8) is 0 Å². The summed E-state index contributed by atoms with van der Waals surface area (Å²) in [7, 11) is 0. The number of benzene rings is 1. The maximum atomic E-state index is 12.9. The molecule has 0 saturated carbocycles. The molecule has 0 fully saturated rings. The van der Waals surface area contributed by atoms with Crippen LogP contribution in [0.2, 0.25) is 5.02 Å². The normalized spacial score (nSPS) is 12.0. The average molecular weight is 449 g/mol. The number of nitrogens with one attached hydrogen (secondary N) is 1. The van der Waals surface area contributed by atoms with E-state index in [-0.39, 0.29) is 4.77 Å². The summed E-state index contributed by atoms with van der Waals surface area (Å²) in [5, 5.41) is 9.37. The molecule has 2 aromatic rings. The lowest BCUT2D eigenvalue weighted by atomic mass is 10.1. The lowest BCUT2D eigenvalue weighted by Crippen LogP contribution is -2.12. The second kappa shape index (κ2) is 11.3. The number of ether oxygens (including phenoxy) is 1. The van der Waals surface area contributed by atoms with Gasteiger partial charge in [0, 0.05) is 0 Å². The molecule has 0 radical (unpaired) electrons. The number of aromatic amines is 1. The van der Waals surface area contributed by atoms with Gasteiger partial charge in [-0.1, -0.05) is 57.0 Å². The van der Waals surface area contributed by atoms with Crippen LogP contribution in [0, 0.1) is 4.77 Å². The molecule has 0 amide bonds. The Kier molecular flexibility index (Phi) is 9.16. The summed E-state index contributed by atoms with van der Waals surface area (Å²) in [6.07, 6.45) is 4.86. The highest BCUT2D eigenvalue weighted by Crippen LogP contribution is 2.28. The van der Waals surface area contributed by atoms with Crippen LogP contribution >= 0.6 is 23.8 Å². The Balaban J connectivity index is 1.89. The van der Waals surface area contributed by atoms with Gasteiger partial charge in [-0.05, 0) is 42.4 Å². The van der Waals surface area contributed by atoms with Crippen molar-refractivity contribution in [1.29, 1.82) is 0 Å². The molecule has 29 heavy (non-hydrogen) atoms. The number of rotatable bonds is 11. The van der Waals surface area contributed by atoms with Crippen molar-refractivity contribution in [2.75, 3.05) is 6.61 Å². The molecule has 0 saturated heterocycles. The van der Waals surface area contributed by atoms with Crippen molar-refractivity contribution >= 4 is 30.0 Å². The minimum Gasteiger partial charge on any atom is -0.492 e. The summed E-state index contributed by atoms with van der Waals surface area (Å²) in [6, 6.07) is 4.90. The van der Waals surface area contributed by atoms with Crippen molar-refractivity contribution in [1.82, 2.24) is 14.9 Å². The molecule has 1 aromatic carbocycles. The largest absolute Gasteiger partial charge is 0.492 e. The zero-order chi connectivity index (χ0) is 21.3. The van der Waals surface area contributed by atoms with E-state index >= 15 is 0 Å². The second-order valence-corrected chi connectivity index (χ2v) is 7.36. The smallest absolute Gasteiger partial charge is 0.453 e. The first-order chi connectivity index (χ1) is 13.8. The van der Waals surface area contributed by atoms with Gasteiger partial charge >= 0.3 is 6.18 Å². The monoisotopic (exact) mass is 448 g/mol. The summed E-state index contributed by atoms with van der Waals surface area (Å²) in [6.45, 7) is 2.77. The highest BCUT2D eigenvalue weighted by Gasteiger charge is 2.37. The molecule has 1 heterocycles. The highest BCUT2D eigenvalue weighted by molar-refractivity contribution is 7.71. The Morgan fingerprint density at radius 2 is 1.90 bits per heavy atom. The van der Waals surface area contributed by atoms with E-state index < -0.39 is 12.0 Å². The predicted octanol–water partition coefficient (Wildman–Crippen LogP) is 6.62. The maximum Gasteiger partial charge on any atom is 0.453 e. The minimum absolute atomic E-state index is 0.255. The topological polar surface area (TPSA) is 55.2 Å². The average Bonchev–Trinajstić information content (AvgIpc) is 3.04. The van der Waals surface area contributed by atoms with Crippen LogP contribution in [0.15, 0.2) is 23.3 Å². The summed E-state index contributed by atoms with van der Waals surface area (Å²) in [4.78, 5) is 0. The van der Waals surface area contributed by atoms with Crippen LogP contribution in [0.1, 0.15) is 63.3 Å². The lowest BCUT2D eigenvalue weighted by molar-refractivity contribution is -0.147. The summed E-state index contributed by atoms with van der Waals surface area (Å²) in [5.41, 5.74) is 0.509. The first-order valence-electron chi connectivity index (χ1n) is 9.54. The number of nitrogens with zero attached hydrogens (tertiary/aromatic N) is 3. The van der Waals surface area contributed by atoms with Gasteiger partial charge < -0.3 is 4.74 Å². The maximum absolute atomic E-state index is 12.9. The molecular formula is C19H24ClF3N4OS. The van der Waals surface area contributed by atoms with Gasteiger partial charge in [-0.3, -0.25) is 0 Å². The predicted molar refractivity (Wildman–Crippen MR) is 110 cm³/mol. The Labute approximate surface area is 177 Å². The third kappa shape index (κ3) is 7.47. The zero-order valence-corrected chi connectivity index (χ0v) is 17.7. The first kappa shape index (κ1) is 23.4. The molecule has 0 bridgehead atoms. The van der Waals surface area contributed by atoms with Crippen LogP contribution in [0.5, 0.6) is 5.75 Å². The van der Waals surface area contributed by atoms with Crippen molar-refractivity contribution in [2.24, 2.45) is 5.10 Å². The molecule has 2 rings (SSSR count). The van der Waals surface area contributed by atoms with E-state index in [1.165, 1.54) is 38.3 Å².